The first-order valence-electron chi connectivity index (χ1n) is 7.11. The van der Waals surface area contributed by atoms with Gasteiger partial charge in [-0.3, -0.25) is 0 Å². The Morgan fingerprint density at radius 2 is 1.78 bits per heavy atom. The van der Waals surface area contributed by atoms with E-state index in [0.29, 0.717) is 5.92 Å². The van der Waals surface area contributed by atoms with Gasteiger partial charge in [-0.05, 0) is 37.3 Å². The van der Waals surface area contributed by atoms with Crippen LogP contribution in [0.3, 0.4) is 0 Å². The van der Waals surface area contributed by atoms with Crippen molar-refractivity contribution in [2.45, 2.75) is 45.6 Å². The molecule has 0 unspecified atom stereocenters. The summed E-state index contributed by atoms with van der Waals surface area (Å²) in [6.07, 6.45) is 4.08. The molecule has 0 aliphatic carbocycles. The van der Waals surface area contributed by atoms with Crippen molar-refractivity contribution in [2.24, 2.45) is 5.92 Å². The van der Waals surface area contributed by atoms with Gasteiger partial charge in [0.05, 0.1) is 6.10 Å². The second kappa shape index (κ2) is 9.12. The Morgan fingerprint density at radius 3 is 2.44 bits per heavy atom. The fraction of sp³-hybridized carbons (Fsp3) is 0.625. The zero-order chi connectivity index (χ0) is 13.2. The molecule has 18 heavy (non-hydrogen) atoms. The molecule has 0 bridgehead atoms. The van der Waals surface area contributed by atoms with Gasteiger partial charge in [0.25, 0.3) is 0 Å². The van der Waals surface area contributed by atoms with Crippen LogP contribution in [0.2, 0.25) is 0 Å². The van der Waals surface area contributed by atoms with Gasteiger partial charge in [0.1, 0.15) is 0 Å². The summed E-state index contributed by atoms with van der Waals surface area (Å²) in [7, 11) is 0. The van der Waals surface area contributed by atoms with Crippen molar-refractivity contribution < 1.29 is 5.11 Å². The average Bonchev–Trinajstić information content (AvgIpc) is 2.35. The lowest BCUT2D eigenvalue weighted by Gasteiger charge is -2.13. The maximum atomic E-state index is 9.80. The lowest BCUT2D eigenvalue weighted by Crippen LogP contribution is -2.29. The molecule has 1 aromatic carbocycles. The van der Waals surface area contributed by atoms with Crippen LogP contribution in [0.15, 0.2) is 30.3 Å². The first-order chi connectivity index (χ1) is 8.68. The van der Waals surface area contributed by atoms with E-state index in [0.717, 1.165) is 38.8 Å². The van der Waals surface area contributed by atoms with Crippen LogP contribution in [0.1, 0.15) is 38.7 Å². The van der Waals surface area contributed by atoms with E-state index in [1.807, 2.05) is 6.07 Å². The summed E-state index contributed by atoms with van der Waals surface area (Å²) in [5.74, 6) is 0.648. The lowest BCUT2D eigenvalue weighted by molar-refractivity contribution is 0.157. The van der Waals surface area contributed by atoms with Gasteiger partial charge < -0.3 is 10.4 Å². The summed E-state index contributed by atoms with van der Waals surface area (Å²) in [6.45, 7) is 6.07. The molecule has 102 valence electrons. The van der Waals surface area contributed by atoms with Gasteiger partial charge in [0, 0.05) is 6.54 Å². The molecule has 2 heteroatoms. The lowest BCUT2D eigenvalue weighted by atomic mass is 10.1. The Labute approximate surface area is 111 Å². The van der Waals surface area contributed by atoms with Gasteiger partial charge in [-0.1, -0.05) is 50.6 Å². The van der Waals surface area contributed by atoms with Crippen molar-refractivity contribution in [1.29, 1.82) is 0 Å². The smallest absolute Gasteiger partial charge is 0.0664 e. The first kappa shape index (κ1) is 15.2. The Balaban J connectivity index is 2.00. The molecular weight excluding hydrogens is 222 g/mol. The summed E-state index contributed by atoms with van der Waals surface area (Å²) >= 11 is 0. The predicted molar refractivity (Wildman–Crippen MR) is 77.7 cm³/mol. The van der Waals surface area contributed by atoms with E-state index in [4.69, 9.17) is 0 Å². The standard InChI is InChI=1S/C16H27NO/c1-14(2)12-17-13-16(18)11-7-6-10-15-8-4-3-5-9-15/h3-5,8-9,14,16-18H,6-7,10-13H2,1-2H3/t16-/m1/s1. The van der Waals surface area contributed by atoms with E-state index in [9.17, 15) is 5.11 Å². The van der Waals surface area contributed by atoms with Crippen LogP contribution in [0, 0.1) is 5.92 Å². The molecule has 0 saturated carbocycles. The quantitative estimate of drug-likeness (QED) is 0.659. The highest BCUT2D eigenvalue weighted by molar-refractivity contribution is 5.14. The van der Waals surface area contributed by atoms with Crippen LogP contribution < -0.4 is 5.32 Å². The monoisotopic (exact) mass is 249 g/mol. The average molecular weight is 249 g/mol. The number of hydrogen-bond acceptors (Lipinski definition) is 2. The number of hydrogen-bond donors (Lipinski definition) is 2. The highest BCUT2D eigenvalue weighted by Crippen LogP contribution is 2.07. The number of benzene rings is 1. The normalized spacial score (nSPS) is 12.9. The van der Waals surface area contributed by atoms with Gasteiger partial charge in [-0.15, -0.1) is 0 Å². The molecule has 1 aromatic rings. The number of aryl methyl sites for hydroxylation is 1. The molecule has 1 rings (SSSR count). The first-order valence-corrected chi connectivity index (χ1v) is 7.11. The van der Waals surface area contributed by atoms with Gasteiger partial charge >= 0.3 is 0 Å². The molecule has 2 N–H and O–H groups in total. The zero-order valence-electron chi connectivity index (χ0n) is 11.7. The van der Waals surface area contributed by atoms with E-state index < -0.39 is 0 Å². The number of rotatable bonds is 9. The highest BCUT2D eigenvalue weighted by Gasteiger charge is 2.03. The number of aliphatic hydroxyl groups is 1. The number of aliphatic hydroxyl groups excluding tert-OH is 1. The summed E-state index contributed by atoms with van der Waals surface area (Å²) in [5.41, 5.74) is 1.39. The van der Waals surface area contributed by atoms with Gasteiger partial charge in [0.15, 0.2) is 0 Å². The van der Waals surface area contributed by atoms with Crippen LogP contribution in [0.4, 0.5) is 0 Å². The molecule has 2 nitrogen and oxygen atoms in total. The number of unbranched alkanes of at least 4 members (excludes halogenated alkanes) is 1. The topological polar surface area (TPSA) is 32.3 Å². The van der Waals surface area contributed by atoms with E-state index in [1.165, 1.54) is 5.56 Å². The maximum absolute atomic E-state index is 9.80. The van der Waals surface area contributed by atoms with Crippen molar-refractivity contribution in [1.82, 2.24) is 5.32 Å². The molecule has 0 fully saturated rings. The third-order valence-corrected chi connectivity index (χ3v) is 3.03. The van der Waals surface area contributed by atoms with E-state index in [-0.39, 0.29) is 6.10 Å². The van der Waals surface area contributed by atoms with E-state index in [2.05, 4.69) is 43.4 Å². The van der Waals surface area contributed by atoms with Crippen LogP contribution >= 0.6 is 0 Å². The molecule has 0 aliphatic rings. The SMILES string of the molecule is CC(C)CNC[C@H](O)CCCCc1ccccc1. The third-order valence-electron chi connectivity index (χ3n) is 3.03. The van der Waals surface area contributed by atoms with Gasteiger partial charge in [0.2, 0.25) is 0 Å². The molecular formula is C16H27NO. The van der Waals surface area contributed by atoms with Crippen molar-refractivity contribution in [3.8, 4) is 0 Å². The Morgan fingerprint density at radius 1 is 1.06 bits per heavy atom. The van der Waals surface area contributed by atoms with E-state index >= 15 is 0 Å². The molecule has 0 saturated heterocycles. The fourth-order valence-corrected chi connectivity index (χ4v) is 1.99. The molecule has 1 atom stereocenters. The molecule has 0 heterocycles. The molecule has 0 aromatic heterocycles. The van der Waals surface area contributed by atoms with Crippen LogP contribution in [-0.2, 0) is 6.42 Å². The summed E-state index contributed by atoms with van der Waals surface area (Å²) in [4.78, 5) is 0. The van der Waals surface area contributed by atoms with Crippen molar-refractivity contribution in [2.75, 3.05) is 13.1 Å². The molecule has 0 spiro atoms. The maximum Gasteiger partial charge on any atom is 0.0664 e. The molecule has 0 aliphatic heterocycles. The highest BCUT2D eigenvalue weighted by atomic mass is 16.3. The van der Waals surface area contributed by atoms with Crippen LogP contribution in [0.5, 0.6) is 0 Å². The Hall–Kier alpha value is -0.860. The Kier molecular flexibility index (Phi) is 7.70. The third kappa shape index (κ3) is 7.46. The fourth-order valence-electron chi connectivity index (χ4n) is 1.99. The van der Waals surface area contributed by atoms with Crippen molar-refractivity contribution >= 4 is 0 Å². The summed E-state index contributed by atoms with van der Waals surface area (Å²) < 4.78 is 0. The van der Waals surface area contributed by atoms with Crippen molar-refractivity contribution in [3.63, 3.8) is 0 Å². The minimum Gasteiger partial charge on any atom is -0.392 e. The van der Waals surface area contributed by atoms with Crippen molar-refractivity contribution in [3.05, 3.63) is 35.9 Å². The van der Waals surface area contributed by atoms with Gasteiger partial charge in [-0.2, -0.15) is 0 Å². The minimum absolute atomic E-state index is 0.195. The largest absolute Gasteiger partial charge is 0.392 e. The van der Waals surface area contributed by atoms with E-state index in [1.54, 1.807) is 0 Å². The Bertz CT molecular complexity index is 297. The summed E-state index contributed by atoms with van der Waals surface area (Å²) in [6, 6.07) is 10.6. The summed E-state index contributed by atoms with van der Waals surface area (Å²) in [5, 5.41) is 13.1. The minimum atomic E-state index is -0.195. The van der Waals surface area contributed by atoms with Gasteiger partial charge in [-0.25, -0.2) is 0 Å². The van der Waals surface area contributed by atoms with Crippen LogP contribution in [0.25, 0.3) is 0 Å². The zero-order valence-corrected chi connectivity index (χ0v) is 11.7. The second-order valence-electron chi connectivity index (χ2n) is 5.44. The predicted octanol–water partition coefficient (Wildman–Crippen LogP) is 3.01. The number of nitrogens with one attached hydrogen (secondary N) is 1. The second-order valence-corrected chi connectivity index (χ2v) is 5.44. The molecule has 0 amide bonds. The van der Waals surface area contributed by atoms with Crippen LogP contribution in [-0.4, -0.2) is 24.3 Å². The molecule has 0 radical (unpaired) electrons.